The van der Waals surface area contributed by atoms with Gasteiger partial charge in [-0.15, -0.1) is 0 Å². The maximum atomic E-state index is 6.41. The van der Waals surface area contributed by atoms with E-state index in [2.05, 4.69) is 193 Å². The molecule has 1 heterocycles. The van der Waals surface area contributed by atoms with Crippen molar-refractivity contribution in [2.45, 2.75) is 0 Å². The quantitative estimate of drug-likeness (QED) is 0.152. The molecule has 0 saturated carbocycles. The van der Waals surface area contributed by atoms with E-state index in [9.17, 15) is 0 Å². The molecular weight excluding hydrogens is 705 g/mol. The van der Waals surface area contributed by atoms with Crippen molar-refractivity contribution in [1.82, 2.24) is 4.98 Å². The number of nitrogens with zero attached hydrogens (tertiary/aromatic N) is 2. The standard InChI is InChI=1S/C55H36N2O/c1-3-15-37(16-4-1)45-21-13-14-26-53(45)57(42-31-27-38(28-32-42)50-35-41-19-7-8-20-44(41)46-22-9-10-23-47(46)50)43-33-29-39(30-34-43)51-36-52-54(49-25-12-11-24-48(49)51)58-55(56-52)40-17-5-2-6-18-40/h1-36H. The number of rotatable bonds is 7. The third-order valence-corrected chi connectivity index (χ3v) is 11.3. The second kappa shape index (κ2) is 14.1. The minimum absolute atomic E-state index is 0.626. The van der Waals surface area contributed by atoms with Gasteiger partial charge in [-0.3, -0.25) is 0 Å². The molecule has 11 rings (SSSR count). The summed E-state index contributed by atoms with van der Waals surface area (Å²) in [6.07, 6.45) is 0. The number of anilines is 3. The van der Waals surface area contributed by atoms with Crippen LogP contribution in [0.3, 0.4) is 0 Å². The average molecular weight is 741 g/mol. The molecule has 272 valence electrons. The van der Waals surface area contributed by atoms with Crippen molar-refractivity contribution in [3.63, 3.8) is 0 Å². The van der Waals surface area contributed by atoms with E-state index in [1.807, 2.05) is 30.3 Å². The summed E-state index contributed by atoms with van der Waals surface area (Å²) in [5, 5.41) is 7.21. The van der Waals surface area contributed by atoms with Gasteiger partial charge in [0.05, 0.1) is 5.69 Å². The molecule has 0 aliphatic carbocycles. The van der Waals surface area contributed by atoms with Crippen LogP contribution in [0.25, 0.3) is 88.3 Å². The van der Waals surface area contributed by atoms with Crippen LogP contribution >= 0.6 is 0 Å². The molecule has 11 aromatic rings. The van der Waals surface area contributed by atoms with Gasteiger partial charge in [-0.05, 0) is 109 Å². The van der Waals surface area contributed by atoms with Crippen LogP contribution in [-0.2, 0) is 0 Å². The molecule has 0 radical (unpaired) electrons. The van der Waals surface area contributed by atoms with E-state index in [-0.39, 0.29) is 0 Å². The lowest BCUT2D eigenvalue weighted by atomic mass is 9.93. The third kappa shape index (κ3) is 5.80. The lowest BCUT2D eigenvalue weighted by Gasteiger charge is -2.28. The summed E-state index contributed by atoms with van der Waals surface area (Å²) in [4.78, 5) is 7.34. The smallest absolute Gasteiger partial charge is 0.227 e. The van der Waals surface area contributed by atoms with Gasteiger partial charge < -0.3 is 9.32 Å². The Hall–Kier alpha value is -7.75. The molecule has 1 aromatic heterocycles. The van der Waals surface area contributed by atoms with Gasteiger partial charge in [0, 0.05) is 27.9 Å². The van der Waals surface area contributed by atoms with E-state index in [0.29, 0.717) is 5.89 Å². The number of para-hydroxylation sites is 1. The fraction of sp³-hybridized carbons (Fsp3) is 0. The highest BCUT2D eigenvalue weighted by Crippen LogP contribution is 2.44. The molecule has 3 heteroatoms. The molecule has 0 aliphatic rings. The maximum Gasteiger partial charge on any atom is 0.227 e. The lowest BCUT2D eigenvalue weighted by molar-refractivity contribution is 0.623. The first kappa shape index (κ1) is 33.6. The predicted molar refractivity (Wildman–Crippen MR) is 243 cm³/mol. The molecule has 0 amide bonds. The molecule has 58 heavy (non-hydrogen) atoms. The van der Waals surface area contributed by atoms with Crippen LogP contribution in [0, 0.1) is 0 Å². The van der Waals surface area contributed by atoms with Crippen LogP contribution in [0.15, 0.2) is 223 Å². The highest BCUT2D eigenvalue weighted by atomic mass is 16.3. The van der Waals surface area contributed by atoms with Crippen LogP contribution in [0.4, 0.5) is 17.1 Å². The molecule has 0 bridgehead atoms. The number of benzene rings is 10. The highest BCUT2D eigenvalue weighted by Gasteiger charge is 2.20. The number of fused-ring (bicyclic) bond motifs is 6. The largest absolute Gasteiger partial charge is 0.435 e. The van der Waals surface area contributed by atoms with E-state index in [0.717, 1.165) is 61.2 Å². The van der Waals surface area contributed by atoms with Crippen molar-refractivity contribution < 1.29 is 4.42 Å². The maximum absolute atomic E-state index is 6.41. The van der Waals surface area contributed by atoms with Gasteiger partial charge in [0.25, 0.3) is 0 Å². The molecular formula is C55H36N2O. The van der Waals surface area contributed by atoms with Crippen LogP contribution in [0.5, 0.6) is 0 Å². The summed E-state index contributed by atoms with van der Waals surface area (Å²) in [6.45, 7) is 0. The van der Waals surface area contributed by atoms with Gasteiger partial charge in [0.15, 0.2) is 5.58 Å². The molecule has 10 aromatic carbocycles. The van der Waals surface area contributed by atoms with Crippen LogP contribution < -0.4 is 4.90 Å². The number of hydrogen-bond donors (Lipinski definition) is 0. The van der Waals surface area contributed by atoms with E-state index in [1.165, 1.54) is 38.2 Å². The first-order valence-corrected chi connectivity index (χ1v) is 19.7. The lowest BCUT2D eigenvalue weighted by Crippen LogP contribution is -2.11. The first-order valence-electron chi connectivity index (χ1n) is 19.7. The van der Waals surface area contributed by atoms with Crippen molar-refractivity contribution in [3.8, 4) is 44.8 Å². The topological polar surface area (TPSA) is 29.3 Å². The number of aromatic nitrogens is 1. The second-order valence-electron chi connectivity index (χ2n) is 14.7. The van der Waals surface area contributed by atoms with E-state index < -0.39 is 0 Å². The zero-order valence-corrected chi connectivity index (χ0v) is 31.6. The Bertz CT molecular complexity index is 3260. The minimum Gasteiger partial charge on any atom is -0.435 e. The van der Waals surface area contributed by atoms with Crippen molar-refractivity contribution in [2.75, 3.05) is 4.90 Å². The molecule has 0 atom stereocenters. The van der Waals surface area contributed by atoms with Crippen LogP contribution in [-0.4, -0.2) is 4.98 Å². The number of hydrogen-bond acceptors (Lipinski definition) is 3. The van der Waals surface area contributed by atoms with Crippen LogP contribution in [0.2, 0.25) is 0 Å². The Kier molecular flexibility index (Phi) is 8.15. The number of oxazole rings is 1. The van der Waals surface area contributed by atoms with Crippen molar-refractivity contribution in [2.24, 2.45) is 0 Å². The minimum atomic E-state index is 0.626. The van der Waals surface area contributed by atoms with Gasteiger partial charge in [-0.2, -0.15) is 0 Å². The first-order chi connectivity index (χ1) is 28.8. The molecule has 0 saturated heterocycles. The molecule has 0 spiro atoms. The molecule has 0 aliphatic heterocycles. The average Bonchev–Trinajstić information content (AvgIpc) is 3.75. The molecule has 0 fully saturated rings. The van der Waals surface area contributed by atoms with Crippen molar-refractivity contribution in [1.29, 1.82) is 0 Å². The molecule has 0 N–H and O–H groups in total. The summed E-state index contributed by atoms with van der Waals surface area (Å²) < 4.78 is 6.41. The highest BCUT2D eigenvalue weighted by molar-refractivity contribution is 6.14. The van der Waals surface area contributed by atoms with E-state index in [4.69, 9.17) is 9.40 Å². The van der Waals surface area contributed by atoms with E-state index in [1.54, 1.807) is 0 Å². The predicted octanol–water partition coefficient (Wildman–Crippen LogP) is 15.4. The van der Waals surface area contributed by atoms with Gasteiger partial charge in [-0.25, -0.2) is 4.98 Å². The Labute approximate surface area is 336 Å². The summed E-state index contributed by atoms with van der Waals surface area (Å²) in [6, 6.07) is 77.7. The Morgan fingerprint density at radius 3 is 1.50 bits per heavy atom. The Balaban J connectivity index is 1.04. The van der Waals surface area contributed by atoms with Gasteiger partial charge in [-0.1, -0.05) is 164 Å². The van der Waals surface area contributed by atoms with Crippen molar-refractivity contribution in [3.05, 3.63) is 218 Å². The SMILES string of the molecule is c1ccc(-c2nc3cc(-c4ccc(N(c5ccc(-c6cc7ccccc7c7ccccc67)cc5)c5ccccc5-c5ccccc5)cc4)c4ccccc4c3o2)cc1. The second-order valence-corrected chi connectivity index (χ2v) is 14.7. The van der Waals surface area contributed by atoms with Gasteiger partial charge >= 0.3 is 0 Å². The summed E-state index contributed by atoms with van der Waals surface area (Å²) in [5.74, 6) is 0.626. The van der Waals surface area contributed by atoms with Crippen LogP contribution in [0.1, 0.15) is 0 Å². The molecule has 3 nitrogen and oxygen atoms in total. The molecule has 0 unspecified atom stereocenters. The summed E-state index contributed by atoms with van der Waals surface area (Å²) in [7, 11) is 0. The van der Waals surface area contributed by atoms with Gasteiger partial charge in [0.1, 0.15) is 5.52 Å². The van der Waals surface area contributed by atoms with Crippen molar-refractivity contribution >= 4 is 60.5 Å². The summed E-state index contributed by atoms with van der Waals surface area (Å²) in [5.41, 5.74) is 12.8. The Morgan fingerprint density at radius 1 is 0.345 bits per heavy atom. The Morgan fingerprint density at radius 2 is 0.828 bits per heavy atom. The fourth-order valence-electron chi connectivity index (χ4n) is 8.53. The van der Waals surface area contributed by atoms with Gasteiger partial charge in [0.2, 0.25) is 5.89 Å². The monoisotopic (exact) mass is 740 g/mol. The zero-order chi connectivity index (χ0) is 38.4. The van der Waals surface area contributed by atoms with E-state index >= 15 is 0 Å². The summed E-state index contributed by atoms with van der Waals surface area (Å²) >= 11 is 0. The third-order valence-electron chi connectivity index (χ3n) is 11.3. The normalized spacial score (nSPS) is 11.4. The zero-order valence-electron chi connectivity index (χ0n) is 31.6. The fourth-order valence-corrected chi connectivity index (χ4v) is 8.53.